The highest BCUT2D eigenvalue weighted by atomic mass is 19.1. The summed E-state index contributed by atoms with van der Waals surface area (Å²) in [7, 11) is 12.2. The first-order valence-corrected chi connectivity index (χ1v) is 47.4. The molecule has 2 atom stereocenters. The van der Waals surface area contributed by atoms with E-state index in [1.807, 2.05) is 270 Å². The standard InChI is InChI=1S/C29H30FN5O3.C28H32N6O2.C27H29FN6O3.C25H28N6O2/c1-19-9-11-22(14-31-19)26-20(2)27(35(34-26)24-7-5-4-6-8-24)33-28(36)32-15-23-13-21(16-37-3)10-12-25(23)29(30)17-38-18-29;1-18-26(22-15-29-33(3)16-22)32-34(23-8-6-5-7-9-23)27(18)31-28(35)30-19(2)25-14-20(17-36-4)10-13-24(25)21-11-12-21;1-18-24(21-13-30-33(2)14-21)32-34(22-7-5-4-6-8-22)25(18)31-26(35)29-12-20-11-19(15-36-3)9-10-23(20)27(28)16-37-17-27;1-17-23(21-14-26-30(3)15-21)29-31(22-11-6-5-7-12-22)24(17)28-25(32)27-18(2)20-10-8-9-19(13-20)16-33-4/h4-14H,15-18H2,1-3H3,(H2,32,33,36);5-10,13-16,19,21H,11-12,17H2,1-4H3,(H2,30,31,35);4-11,13-14H,12,15-17H2,1-3H3,(H2,29,31,35);5-15,18H,16H2,1-4H3,(H2,27,28,32). The lowest BCUT2D eigenvalue weighted by Gasteiger charge is -2.35. The molecule has 144 heavy (non-hydrogen) atoms. The second kappa shape index (κ2) is 45.8. The molecule has 1 saturated carbocycles. The third-order valence-corrected chi connectivity index (χ3v) is 25.1. The van der Waals surface area contributed by atoms with Gasteiger partial charge in [-0.25, -0.2) is 46.7 Å². The molecule has 2 unspecified atom stereocenters. The molecular weight excluding hydrogens is 1830 g/mol. The summed E-state index contributed by atoms with van der Waals surface area (Å²) in [6.45, 7) is 15.8. The zero-order chi connectivity index (χ0) is 101. The first-order chi connectivity index (χ1) is 69.6. The van der Waals surface area contributed by atoms with Crippen molar-refractivity contribution in [3.63, 3.8) is 0 Å². The molecule has 2 aliphatic heterocycles. The van der Waals surface area contributed by atoms with Crippen molar-refractivity contribution in [1.29, 1.82) is 0 Å². The number of ether oxygens (including phenoxy) is 6. The van der Waals surface area contributed by atoms with Crippen LogP contribution in [0.15, 0.2) is 256 Å². The molecule has 8 amide bonds. The fourth-order valence-corrected chi connectivity index (χ4v) is 17.4. The lowest BCUT2D eigenvalue weighted by molar-refractivity contribution is -0.135. The Labute approximate surface area is 834 Å². The number of methoxy groups -OCH3 is 4. The fourth-order valence-electron chi connectivity index (χ4n) is 17.4. The van der Waals surface area contributed by atoms with Crippen LogP contribution in [-0.4, -0.2) is 152 Å². The number of anilines is 4. The number of aryl methyl sites for hydroxylation is 4. The van der Waals surface area contributed by atoms with Crippen molar-refractivity contribution in [3.05, 3.63) is 345 Å². The Hall–Kier alpha value is -15.9. The highest BCUT2D eigenvalue weighted by molar-refractivity contribution is 5.94. The molecular formula is C109H119F2N23O10. The van der Waals surface area contributed by atoms with Gasteiger partial charge in [-0.05, 0) is 189 Å². The Balaban J connectivity index is 0.000000138. The number of carbonyl (C=O) groups excluding carboxylic acids is 4. The number of hydrogen-bond acceptors (Lipinski definition) is 18. The molecule has 0 spiro atoms. The van der Waals surface area contributed by atoms with Crippen LogP contribution >= 0.6 is 0 Å². The van der Waals surface area contributed by atoms with Gasteiger partial charge in [0.15, 0.2) is 11.3 Å². The number of benzene rings is 8. The van der Waals surface area contributed by atoms with Gasteiger partial charge in [0.25, 0.3) is 0 Å². The largest absolute Gasteiger partial charge is 0.380 e. The zero-order valence-corrected chi connectivity index (χ0v) is 83.0. The van der Waals surface area contributed by atoms with E-state index in [0.717, 1.165) is 123 Å². The van der Waals surface area contributed by atoms with Gasteiger partial charge >= 0.3 is 24.1 Å². The van der Waals surface area contributed by atoms with Gasteiger partial charge in [0.05, 0.1) is 112 Å². The Morgan fingerprint density at radius 1 is 0.396 bits per heavy atom. The predicted octanol–water partition coefficient (Wildman–Crippen LogP) is 19.6. The SMILES string of the molecule is COCc1ccc(C2(F)COC2)c(CNC(=O)Nc2c(C)c(-c3ccc(C)nc3)nn2-c2ccccc2)c1.COCc1ccc(C2(F)COC2)c(CNC(=O)Nc2c(C)c(-c3cnn(C)c3)nn2-c2ccccc2)c1.COCc1ccc(C2CC2)c(C(C)NC(=O)Nc2c(C)c(-c3cnn(C)c3)nn2-c2ccccc2)c1.COCc1cccc(C(C)NC(=O)Nc2c(C)c(-c3cnn(C)c3)nn2-c2ccccc2)c1. The van der Waals surface area contributed by atoms with Gasteiger partial charge in [0.2, 0.25) is 0 Å². The van der Waals surface area contributed by atoms with Crippen molar-refractivity contribution in [3.8, 4) is 67.8 Å². The lowest BCUT2D eigenvalue weighted by atomic mass is 9.88. The van der Waals surface area contributed by atoms with Crippen molar-refractivity contribution in [1.82, 2.24) is 94.7 Å². The van der Waals surface area contributed by atoms with E-state index in [4.69, 9.17) is 48.8 Å². The molecule has 3 fully saturated rings. The number of nitrogens with zero attached hydrogens (tertiary/aromatic N) is 15. The van der Waals surface area contributed by atoms with Crippen LogP contribution in [0, 0.1) is 34.6 Å². The molecule has 3 aliphatic rings. The Kier molecular flexibility index (Phi) is 32.1. The number of aromatic nitrogens is 15. The first-order valence-electron chi connectivity index (χ1n) is 47.4. The van der Waals surface area contributed by atoms with Gasteiger partial charge in [0, 0.05) is 138 Å². The minimum Gasteiger partial charge on any atom is -0.380 e. The van der Waals surface area contributed by atoms with Crippen LogP contribution in [-0.2, 0) is 100 Å². The van der Waals surface area contributed by atoms with Gasteiger partial charge < -0.3 is 49.7 Å². The highest BCUT2D eigenvalue weighted by Crippen LogP contribution is 2.45. The topological polar surface area (TPSA) is 358 Å². The summed E-state index contributed by atoms with van der Waals surface area (Å²) >= 11 is 0. The summed E-state index contributed by atoms with van der Waals surface area (Å²) in [4.78, 5) is 56.9. The van der Waals surface area contributed by atoms with Gasteiger partial charge in [-0.1, -0.05) is 152 Å². The number of pyridine rings is 1. The Morgan fingerprint density at radius 3 is 1.08 bits per heavy atom. The van der Waals surface area contributed by atoms with Crippen molar-refractivity contribution >= 4 is 47.4 Å². The second-order valence-electron chi connectivity index (χ2n) is 36.0. The summed E-state index contributed by atoms with van der Waals surface area (Å²) < 4.78 is 73.9. The number of alkyl halides is 2. The maximum Gasteiger partial charge on any atom is 0.320 e. The number of amides is 8. The quantitative estimate of drug-likeness (QED) is 0.0200. The molecule has 8 aromatic heterocycles. The van der Waals surface area contributed by atoms with Gasteiger partial charge in [-0.3, -0.25) is 40.3 Å². The molecule has 35 heteroatoms. The monoisotopic (exact) mass is 1950 g/mol. The maximum atomic E-state index is 15.3. The molecule has 1 aliphatic carbocycles. The van der Waals surface area contributed by atoms with E-state index < -0.39 is 23.4 Å². The molecule has 16 aromatic rings. The van der Waals surface area contributed by atoms with E-state index in [1.165, 1.54) is 18.4 Å². The average molecular weight is 1950 g/mol. The molecule has 19 rings (SSSR count). The number of rotatable bonds is 31. The summed E-state index contributed by atoms with van der Waals surface area (Å²) in [5.74, 6) is 2.88. The second-order valence-corrected chi connectivity index (χ2v) is 36.0. The van der Waals surface area contributed by atoms with Crippen LogP contribution in [0.5, 0.6) is 0 Å². The van der Waals surface area contributed by atoms with Gasteiger partial charge in [-0.15, -0.1) is 0 Å². The van der Waals surface area contributed by atoms with Crippen molar-refractivity contribution in [2.75, 3.05) is 76.1 Å². The summed E-state index contributed by atoms with van der Waals surface area (Å²) in [5.41, 5.74) is 20.7. The third kappa shape index (κ3) is 23.9. The van der Waals surface area contributed by atoms with E-state index in [9.17, 15) is 19.2 Å². The van der Waals surface area contributed by atoms with Crippen LogP contribution in [0.4, 0.5) is 51.2 Å². The van der Waals surface area contributed by atoms with Crippen LogP contribution < -0.4 is 42.5 Å². The van der Waals surface area contributed by atoms with E-state index >= 15 is 8.78 Å². The van der Waals surface area contributed by atoms with Crippen LogP contribution in [0.2, 0.25) is 0 Å². The van der Waals surface area contributed by atoms with Crippen LogP contribution in [0.1, 0.15) is 134 Å². The molecule has 2 saturated heterocycles. The average Bonchev–Trinajstić information content (AvgIpc) is 1.67. The number of urea groups is 4. The van der Waals surface area contributed by atoms with Gasteiger partial charge in [-0.2, -0.15) is 35.7 Å². The third-order valence-electron chi connectivity index (χ3n) is 25.1. The molecule has 10 heterocycles. The summed E-state index contributed by atoms with van der Waals surface area (Å²) in [6.07, 6.45) is 15.2. The summed E-state index contributed by atoms with van der Waals surface area (Å²) in [6, 6.07) is 66.1. The number of halogens is 2. The van der Waals surface area contributed by atoms with Crippen molar-refractivity contribution < 1.29 is 56.4 Å². The summed E-state index contributed by atoms with van der Waals surface area (Å²) in [5, 5.41) is 56.0. The maximum absolute atomic E-state index is 15.3. The minimum absolute atomic E-state index is 0.00191. The molecule has 8 aromatic carbocycles. The molecule has 744 valence electrons. The van der Waals surface area contributed by atoms with Gasteiger partial charge in [0.1, 0.15) is 40.4 Å². The zero-order valence-electron chi connectivity index (χ0n) is 83.0. The number of nitrogens with one attached hydrogen (secondary N) is 8. The molecule has 0 bridgehead atoms. The Morgan fingerprint density at radius 2 is 0.743 bits per heavy atom. The minimum atomic E-state index is -1.56. The predicted molar refractivity (Wildman–Crippen MR) is 548 cm³/mol. The normalized spacial score (nSPS) is 13.6. The van der Waals surface area contributed by atoms with Crippen LogP contribution in [0.3, 0.4) is 0 Å². The lowest BCUT2D eigenvalue weighted by Crippen LogP contribution is -2.43. The fraction of sp³-hybridized carbons (Fsp3) is 0.284. The van der Waals surface area contributed by atoms with E-state index in [0.29, 0.717) is 83.6 Å². The van der Waals surface area contributed by atoms with Crippen molar-refractivity contribution in [2.45, 2.75) is 130 Å². The Bertz CT molecular complexity index is 7150. The van der Waals surface area contributed by atoms with E-state index in [1.54, 1.807) is 98.1 Å². The molecule has 0 radical (unpaired) electrons. The van der Waals surface area contributed by atoms with E-state index in [2.05, 4.69) is 81.0 Å². The van der Waals surface area contributed by atoms with E-state index in [-0.39, 0.29) is 63.7 Å². The molecule has 8 N–H and O–H groups in total. The van der Waals surface area contributed by atoms with Crippen LogP contribution in [0.25, 0.3) is 67.8 Å². The highest BCUT2D eigenvalue weighted by Gasteiger charge is 2.44. The first kappa shape index (κ1) is 101. The smallest absolute Gasteiger partial charge is 0.320 e. The van der Waals surface area contributed by atoms with Crippen molar-refractivity contribution in [2.24, 2.45) is 21.1 Å². The number of carbonyl (C=O) groups is 4. The number of para-hydroxylation sites is 4. The number of hydrogen-bond donors (Lipinski definition) is 8. The molecule has 33 nitrogen and oxygen atoms in total.